The molecule has 1 amide bonds. The van der Waals surface area contributed by atoms with Crippen LogP contribution in [0.2, 0.25) is 0 Å². The third kappa shape index (κ3) is 2.26. The van der Waals surface area contributed by atoms with Crippen molar-refractivity contribution in [3.8, 4) is 0 Å². The molecule has 20 heavy (non-hydrogen) atoms. The average molecular weight is 294 g/mol. The SMILES string of the molecule is CCC(C)(C)N(C)C(=O)c1sc2cccc(F)c2c1N. The number of fused-ring (bicyclic) bond motifs is 1. The van der Waals surface area contributed by atoms with Crippen LogP contribution in [0.5, 0.6) is 0 Å². The summed E-state index contributed by atoms with van der Waals surface area (Å²) < 4.78 is 14.5. The zero-order valence-electron chi connectivity index (χ0n) is 12.2. The van der Waals surface area contributed by atoms with Gasteiger partial charge in [0.1, 0.15) is 10.7 Å². The first kappa shape index (κ1) is 14.8. The van der Waals surface area contributed by atoms with Crippen molar-refractivity contribution < 1.29 is 9.18 Å². The predicted molar refractivity (Wildman–Crippen MR) is 82.7 cm³/mol. The minimum Gasteiger partial charge on any atom is -0.397 e. The number of hydrogen-bond acceptors (Lipinski definition) is 3. The van der Waals surface area contributed by atoms with Crippen LogP contribution in [0.25, 0.3) is 10.1 Å². The Bertz CT molecular complexity index is 663. The van der Waals surface area contributed by atoms with E-state index in [0.717, 1.165) is 6.42 Å². The van der Waals surface area contributed by atoms with Crippen LogP contribution < -0.4 is 5.73 Å². The standard InChI is InChI=1S/C15H19FN2OS/c1-5-15(2,3)18(4)14(19)13-12(17)11-9(16)7-6-8-10(11)20-13/h6-8H,5,17H2,1-4H3. The molecule has 2 rings (SSSR count). The van der Waals surface area contributed by atoms with Crippen molar-refractivity contribution in [2.75, 3.05) is 12.8 Å². The maximum absolute atomic E-state index is 13.8. The maximum Gasteiger partial charge on any atom is 0.266 e. The molecule has 0 saturated heterocycles. The molecule has 0 atom stereocenters. The van der Waals surface area contributed by atoms with Crippen molar-refractivity contribution in [1.29, 1.82) is 0 Å². The lowest BCUT2D eigenvalue weighted by atomic mass is 9.99. The number of amides is 1. The van der Waals surface area contributed by atoms with E-state index in [1.54, 1.807) is 24.1 Å². The van der Waals surface area contributed by atoms with Crippen molar-refractivity contribution in [2.45, 2.75) is 32.7 Å². The van der Waals surface area contributed by atoms with Crippen molar-refractivity contribution >= 4 is 33.0 Å². The van der Waals surface area contributed by atoms with Crippen molar-refractivity contribution in [3.05, 3.63) is 28.9 Å². The average Bonchev–Trinajstić information content (AvgIpc) is 2.75. The van der Waals surface area contributed by atoms with Crippen LogP contribution >= 0.6 is 11.3 Å². The van der Waals surface area contributed by atoms with Crippen molar-refractivity contribution in [2.24, 2.45) is 0 Å². The number of nitrogen functional groups attached to an aromatic ring is 1. The van der Waals surface area contributed by atoms with Gasteiger partial charge in [0.2, 0.25) is 0 Å². The van der Waals surface area contributed by atoms with Gasteiger partial charge in [-0.2, -0.15) is 0 Å². The van der Waals surface area contributed by atoms with Crippen LogP contribution in [-0.2, 0) is 0 Å². The number of benzene rings is 1. The zero-order valence-corrected chi connectivity index (χ0v) is 13.0. The molecule has 3 nitrogen and oxygen atoms in total. The van der Waals surface area contributed by atoms with Crippen LogP contribution in [0.15, 0.2) is 18.2 Å². The van der Waals surface area contributed by atoms with Gasteiger partial charge in [0.15, 0.2) is 0 Å². The van der Waals surface area contributed by atoms with Gasteiger partial charge in [-0.1, -0.05) is 13.0 Å². The highest BCUT2D eigenvalue weighted by Crippen LogP contribution is 2.36. The maximum atomic E-state index is 13.8. The normalized spacial score (nSPS) is 11.8. The molecule has 2 aromatic rings. The van der Waals surface area contributed by atoms with Crippen LogP contribution in [0, 0.1) is 5.82 Å². The number of thiophene rings is 1. The fraction of sp³-hybridized carbons (Fsp3) is 0.400. The summed E-state index contributed by atoms with van der Waals surface area (Å²) in [4.78, 5) is 14.7. The van der Waals surface area contributed by atoms with Gasteiger partial charge < -0.3 is 10.6 Å². The number of halogens is 1. The predicted octanol–water partition coefficient (Wildman–Crippen LogP) is 3.88. The molecule has 1 heterocycles. The van der Waals surface area contributed by atoms with E-state index in [-0.39, 0.29) is 23.0 Å². The number of carbonyl (C=O) groups is 1. The summed E-state index contributed by atoms with van der Waals surface area (Å²) in [7, 11) is 1.76. The van der Waals surface area contributed by atoms with E-state index in [4.69, 9.17) is 5.73 Å². The summed E-state index contributed by atoms with van der Waals surface area (Å²) in [5, 5.41) is 0.351. The molecule has 108 valence electrons. The Morgan fingerprint density at radius 3 is 2.65 bits per heavy atom. The molecular weight excluding hydrogens is 275 g/mol. The highest BCUT2D eigenvalue weighted by molar-refractivity contribution is 7.21. The molecule has 1 aromatic heterocycles. The van der Waals surface area contributed by atoms with E-state index in [2.05, 4.69) is 0 Å². The van der Waals surface area contributed by atoms with Gasteiger partial charge in [-0.3, -0.25) is 4.79 Å². The lowest BCUT2D eigenvalue weighted by Gasteiger charge is -2.34. The second kappa shape index (κ2) is 5.05. The van der Waals surface area contributed by atoms with Crippen LogP contribution in [0.4, 0.5) is 10.1 Å². The Balaban J connectivity index is 2.51. The number of nitrogens with zero attached hydrogens (tertiary/aromatic N) is 1. The van der Waals surface area contributed by atoms with E-state index < -0.39 is 0 Å². The van der Waals surface area contributed by atoms with Gasteiger partial charge in [0, 0.05) is 17.3 Å². The molecule has 0 saturated carbocycles. The number of hydrogen-bond donors (Lipinski definition) is 1. The minimum absolute atomic E-state index is 0.157. The Hall–Kier alpha value is -1.62. The number of nitrogens with two attached hydrogens (primary N) is 1. The second-order valence-electron chi connectivity index (χ2n) is 5.49. The van der Waals surface area contributed by atoms with E-state index in [1.165, 1.54) is 17.4 Å². The summed E-state index contributed by atoms with van der Waals surface area (Å²) in [6.07, 6.45) is 0.828. The molecule has 0 aliphatic rings. The molecule has 0 unspecified atom stereocenters. The summed E-state index contributed by atoms with van der Waals surface area (Å²) >= 11 is 1.24. The Morgan fingerprint density at radius 1 is 1.45 bits per heavy atom. The Morgan fingerprint density at radius 2 is 2.10 bits per heavy atom. The first-order valence-electron chi connectivity index (χ1n) is 6.54. The van der Waals surface area contributed by atoms with Gasteiger partial charge in [-0.25, -0.2) is 4.39 Å². The lowest BCUT2D eigenvalue weighted by molar-refractivity contribution is 0.0626. The van der Waals surface area contributed by atoms with Gasteiger partial charge in [0.25, 0.3) is 5.91 Å². The smallest absolute Gasteiger partial charge is 0.266 e. The van der Waals surface area contributed by atoms with E-state index in [1.807, 2.05) is 20.8 Å². The molecule has 0 fully saturated rings. The molecule has 0 aliphatic carbocycles. The number of anilines is 1. The third-order valence-corrected chi connectivity index (χ3v) is 5.13. The zero-order chi connectivity index (χ0) is 15.1. The van der Waals surface area contributed by atoms with Crippen molar-refractivity contribution in [1.82, 2.24) is 4.90 Å². The molecule has 1 aromatic carbocycles. The van der Waals surface area contributed by atoms with Crippen molar-refractivity contribution in [3.63, 3.8) is 0 Å². The topological polar surface area (TPSA) is 46.3 Å². The summed E-state index contributed by atoms with van der Waals surface area (Å²) in [5.41, 5.74) is 5.96. The van der Waals surface area contributed by atoms with E-state index in [9.17, 15) is 9.18 Å². The summed E-state index contributed by atoms with van der Waals surface area (Å²) in [6.45, 7) is 6.02. The Kier molecular flexibility index (Phi) is 3.73. The first-order valence-corrected chi connectivity index (χ1v) is 7.36. The molecule has 0 aliphatic heterocycles. The quantitative estimate of drug-likeness (QED) is 0.933. The molecule has 5 heteroatoms. The van der Waals surface area contributed by atoms with Gasteiger partial charge in [0.05, 0.1) is 11.1 Å². The highest BCUT2D eigenvalue weighted by Gasteiger charge is 2.29. The number of carbonyl (C=O) groups excluding carboxylic acids is 1. The lowest BCUT2D eigenvalue weighted by Crippen LogP contribution is -2.44. The van der Waals surface area contributed by atoms with E-state index in [0.29, 0.717) is 15.0 Å². The van der Waals surface area contributed by atoms with Gasteiger partial charge >= 0.3 is 0 Å². The first-order chi connectivity index (χ1) is 9.29. The third-order valence-electron chi connectivity index (χ3n) is 3.97. The Labute approximate surface area is 122 Å². The fourth-order valence-electron chi connectivity index (χ4n) is 1.95. The second-order valence-corrected chi connectivity index (χ2v) is 6.54. The molecule has 0 spiro atoms. The summed E-state index contributed by atoms with van der Waals surface area (Å²) in [5.74, 6) is -0.539. The van der Waals surface area contributed by atoms with Crippen LogP contribution in [0.1, 0.15) is 36.9 Å². The highest BCUT2D eigenvalue weighted by atomic mass is 32.1. The molecule has 0 radical (unpaired) electrons. The van der Waals surface area contributed by atoms with Crippen LogP contribution in [-0.4, -0.2) is 23.4 Å². The molecule has 0 bridgehead atoms. The fourth-order valence-corrected chi connectivity index (χ4v) is 3.06. The number of rotatable bonds is 3. The summed E-state index contributed by atoms with van der Waals surface area (Å²) in [6, 6.07) is 4.77. The molecular formula is C15H19FN2OS. The van der Waals surface area contributed by atoms with E-state index >= 15 is 0 Å². The van der Waals surface area contributed by atoms with Gasteiger partial charge in [-0.05, 0) is 32.4 Å². The monoisotopic (exact) mass is 294 g/mol. The van der Waals surface area contributed by atoms with Gasteiger partial charge in [-0.15, -0.1) is 11.3 Å². The molecule has 2 N–H and O–H groups in total. The minimum atomic E-state index is -0.382. The largest absolute Gasteiger partial charge is 0.397 e. The van der Waals surface area contributed by atoms with Crippen LogP contribution in [0.3, 0.4) is 0 Å².